The van der Waals surface area contributed by atoms with Gasteiger partial charge in [0.1, 0.15) is 0 Å². The minimum Gasteiger partial charge on any atom is -0.399 e. The highest BCUT2D eigenvalue weighted by Crippen LogP contribution is 2.27. The second kappa shape index (κ2) is 3.36. The van der Waals surface area contributed by atoms with Crippen LogP contribution in [0, 0.1) is 0 Å². The quantitative estimate of drug-likeness (QED) is 0.716. The van der Waals surface area contributed by atoms with Crippen LogP contribution in [-0.4, -0.2) is 7.05 Å². The first kappa shape index (κ1) is 8.53. The monoisotopic (exact) mass is 192 g/mol. The van der Waals surface area contributed by atoms with Gasteiger partial charge in [0.2, 0.25) is 0 Å². The molecule has 13 heavy (non-hydrogen) atoms. The second-order valence-corrected chi connectivity index (χ2v) is 3.96. The molecule has 68 valence electrons. The summed E-state index contributed by atoms with van der Waals surface area (Å²) in [6.07, 6.45) is 0. The fourth-order valence-corrected chi connectivity index (χ4v) is 2.44. The summed E-state index contributed by atoms with van der Waals surface area (Å²) in [4.78, 5) is 0. The highest BCUT2D eigenvalue weighted by Gasteiger charge is 2.02. The Hall–Kier alpha value is -1.06. The first-order valence-corrected chi connectivity index (χ1v) is 5.09. The van der Waals surface area contributed by atoms with Gasteiger partial charge in [-0.25, -0.2) is 0 Å². The molecule has 0 saturated heterocycles. The van der Waals surface area contributed by atoms with Crippen LogP contribution in [0.4, 0.5) is 5.69 Å². The van der Waals surface area contributed by atoms with Gasteiger partial charge in [-0.2, -0.15) is 0 Å². The normalized spacial score (nSPS) is 10.8. The Bertz CT molecular complexity index is 420. The SMILES string of the molecule is CNCc1csc2cc(N)ccc12. The summed E-state index contributed by atoms with van der Waals surface area (Å²) < 4.78 is 1.27. The Balaban J connectivity index is 2.55. The maximum absolute atomic E-state index is 5.70. The Morgan fingerprint density at radius 3 is 3.08 bits per heavy atom. The molecule has 0 atom stereocenters. The number of rotatable bonds is 2. The van der Waals surface area contributed by atoms with Crippen molar-refractivity contribution in [2.75, 3.05) is 12.8 Å². The summed E-state index contributed by atoms with van der Waals surface area (Å²) in [5.74, 6) is 0. The number of nitrogens with two attached hydrogens (primary N) is 1. The Labute approximate surface area is 81.4 Å². The van der Waals surface area contributed by atoms with E-state index in [2.05, 4.69) is 16.8 Å². The van der Waals surface area contributed by atoms with Crippen LogP contribution in [0.3, 0.4) is 0 Å². The number of fused-ring (bicyclic) bond motifs is 1. The summed E-state index contributed by atoms with van der Waals surface area (Å²) in [5, 5.41) is 6.65. The summed E-state index contributed by atoms with van der Waals surface area (Å²) in [6, 6.07) is 6.07. The summed E-state index contributed by atoms with van der Waals surface area (Å²) in [6.45, 7) is 0.921. The molecule has 0 unspecified atom stereocenters. The van der Waals surface area contributed by atoms with Crippen LogP contribution in [0.15, 0.2) is 23.6 Å². The molecular formula is C10H12N2S. The predicted octanol–water partition coefficient (Wildman–Crippen LogP) is 2.20. The van der Waals surface area contributed by atoms with Gasteiger partial charge in [0, 0.05) is 16.9 Å². The lowest BCUT2D eigenvalue weighted by molar-refractivity contribution is 0.826. The average molecular weight is 192 g/mol. The lowest BCUT2D eigenvalue weighted by atomic mass is 10.1. The summed E-state index contributed by atoms with van der Waals surface area (Å²) >= 11 is 1.75. The van der Waals surface area contributed by atoms with E-state index in [1.807, 2.05) is 19.2 Å². The van der Waals surface area contributed by atoms with Gasteiger partial charge in [0.05, 0.1) is 0 Å². The molecule has 1 aromatic carbocycles. The molecule has 2 nitrogen and oxygen atoms in total. The first-order chi connectivity index (χ1) is 6.31. The molecule has 2 aromatic rings. The molecule has 3 heteroatoms. The number of nitrogen functional groups attached to an aromatic ring is 1. The van der Waals surface area contributed by atoms with E-state index in [1.54, 1.807) is 11.3 Å². The molecule has 0 spiro atoms. The molecule has 0 aliphatic carbocycles. The van der Waals surface area contributed by atoms with Gasteiger partial charge in [0.25, 0.3) is 0 Å². The van der Waals surface area contributed by atoms with Gasteiger partial charge in [-0.1, -0.05) is 6.07 Å². The van der Waals surface area contributed by atoms with Crippen molar-refractivity contribution in [3.05, 3.63) is 29.1 Å². The van der Waals surface area contributed by atoms with Crippen molar-refractivity contribution < 1.29 is 0 Å². The number of benzene rings is 1. The fourth-order valence-electron chi connectivity index (χ4n) is 1.43. The van der Waals surface area contributed by atoms with Crippen LogP contribution >= 0.6 is 11.3 Å². The van der Waals surface area contributed by atoms with E-state index in [4.69, 9.17) is 5.73 Å². The van der Waals surface area contributed by atoms with Gasteiger partial charge in [-0.3, -0.25) is 0 Å². The predicted molar refractivity (Wildman–Crippen MR) is 59.0 cm³/mol. The van der Waals surface area contributed by atoms with E-state index < -0.39 is 0 Å². The summed E-state index contributed by atoms with van der Waals surface area (Å²) in [7, 11) is 1.96. The Morgan fingerprint density at radius 1 is 1.46 bits per heavy atom. The molecule has 1 heterocycles. The van der Waals surface area contributed by atoms with E-state index >= 15 is 0 Å². The minimum atomic E-state index is 0.838. The smallest absolute Gasteiger partial charge is 0.0366 e. The van der Waals surface area contributed by atoms with Crippen molar-refractivity contribution in [3.8, 4) is 0 Å². The third-order valence-electron chi connectivity index (χ3n) is 2.05. The average Bonchev–Trinajstić information content (AvgIpc) is 2.49. The van der Waals surface area contributed by atoms with Gasteiger partial charge in [-0.15, -0.1) is 11.3 Å². The summed E-state index contributed by atoms with van der Waals surface area (Å²) in [5.41, 5.74) is 7.89. The van der Waals surface area contributed by atoms with E-state index in [0.717, 1.165) is 12.2 Å². The van der Waals surface area contributed by atoms with Gasteiger partial charge < -0.3 is 11.1 Å². The van der Waals surface area contributed by atoms with Gasteiger partial charge in [-0.05, 0) is 35.5 Å². The lowest BCUT2D eigenvalue weighted by Gasteiger charge is -1.97. The van der Waals surface area contributed by atoms with Crippen LogP contribution in [0.2, 0.25) is 0 Å². The Kier molecular flexibility index (Phi) is 2.20. The zero-order valence-electron chi connectivity index (χ0n) is 7.50. The topological polar surface area (TPSA) is 38.0 Å². The molecule has 2 rings (SSSR count). The van der Waals surface area contributed by atoms with Crippen LogP contribution in [0.1, 0.15) is 5.56 Å². The van der Waals surface area contributed by atoms with E-state index in [0.29, 0.717) is 0 Å². The number of anilines is 1. The molecule has 0 bridgehead atoms. The highest BCUT2D eigenvalue weighted by molar-refractivity contribution is 7.17. The van der Waals surface area contributed by atoms with Crippen molar-refractivity contribution in [2.24, 2.45) is 0 Å². The number of thiophene rings is 1. The highest BCUT2D eigenvalue weighted by atomic mass is 32.1. The minimum absolute atomic E-state index is 0.838. The maximum atomic E-state index is 5.70. The van der Waals surface area contributed by atoms with Crippen molar-refractivity contribution in [3.63, 3.8) is 0 Å². The van der Waals surface area contributed by atoms with E-state index in [-0.39, 0.29) is 0 Å². The van der Waals surface area contributed by atoms with Crippen molar-refractivity contribution in [1.82, 2.24) is 5.32 Å². The largest absolute Gasteiger partial charge is 0.399 e. The maximum Gasteiger partial charge on any atom is 0.0366 e. The van der Waals surface area contributed by atoms with E-state index in [9.17, 15) is 0 Å². The lowest BCUT2D eigenvalue weighted by Crippen LogP contribution is -2.03. The van der Waals surface area contributed by atoms with Crippen molar-refractivity contribution in [2.45, 2.75) is 6.54 Å². The number of hydrogen-bond donors (Lipinski definition) is 2. The van der Waals surface area contributed by atoms with Crippen LogP contribution in [0.5, 0.6) is 0 Å². The third-order valence-corrected chi connectivity index (χ3v) is 3.04. The molecular weight excluding hydrogens is 180 g/mol. The molecule has 0 fully saturated rings. The number of nitrogens with one attached hydrogen (secondary N) is 1. The Morgan fingerprint density at radius 2 is 2.31 bits per heavy atom. The number of hydrogen-bond acceptors (Lipinski definition) is 3. The molecule has 0 saturated carbocycles. The van der Waals surface area contributed by atoms with Gasteiger partial charge >= 0.3 is 0 Å². The second-order valence-electron chi connectivity index (χ2n) is 3.05. The van der Waals surface area contributed by atoms with Crippen molar-refractivity contribution >= 4 is 27.1 Å². The van der Waals surface area contributed by atoms with Crippen LogP contribution in [-0.2, 0) is 6.54 Å². The standard InChI is InChI=1S/C10H12N2S/c1-12-5-7-6-13-10-4-8(11)2-3-9(7)10/h2-4,6,12H,5,11H2,1H3. The van der Waals surface area contributed by atoms with Gasteiger partial charge in [0.15, 0.2) is 0 Å². The molecule has 3 N–H and O–H groups in total. The van der Waals surface area contributed by atoms with E-state index in [1.165, 1.54) is 15.6 Å². The molecule has 0 radical (unpaired) electrons. The van der Waals surface area contributed by atoms with Crippen LogP contribution in [0.25, 0.3) is 10.1 Å². The van der Waals surface area contributed by atoms with Crippen molar-refractivity contribution in [1.29, 1.82) is 0 Å². The molecule has 1 aromatic heterocycles. The molecule has 0 amide bonds. The zero-order valence-corrected chi connectivity index (χ0v) is 8.32. The zero-order chi connectivity index (χ0) is 9.26. The third kappa shape index (κ3) is 1.53. The first-order valence-electron chi connectivity index (χ1n) is 4.21. The fraction of sp³-hybridized carbons (Fsp3) is 0.200. The van der Waals surface area contributed by atoms with Crippen LogP contribution < -0.4 is 11.1 Å². The molecule has 0 aliphatic rings. The molecule has 0 aliphatic heterocycles.